The standard InChI is InChI=1S/C25H22Cl2N2O5/c1-3-32-23-12-17(14-28-29-24(30)15-33-19-6-4-5-16(2)11-19)7-10-22(23)34-25(31)20-9-8-18(26)13-21(20)27/h4-14H,3,15H2,1-2H3,(H,29,30)/b28-14+. The molecule has 3 aromatic carbocycles. The molecule has 0 aliphatic rings. The Morgan fingerprint density at radius 3 is 2.56 bits per heavy atom. The summed E-state index contributed by atoms with van der Waals surface area (Å²) in [5.41, 5.74) is 4.23. The number of carbonyl (C=O) groups is 2. The molecule has 0 unspecified atom stereocenters. The molecule has 0 aromatic heterocycles. The number of esters is 1. The highest BCUT2D eigenvalue weighted by Crippen LogP contribution is 2.30. The lowest BCUT2D eigenvalue weighted by Crippen LogP contribution is -2.24. The van der Waals surface area contributed by atoms with E-state index in [9.17, 15) is 9.59 Å². The predicted molar refractivity (Wildman–Crippen MR) is 131 cm³/mol. The molecule has 3 rings (SSSR count). The molecular weight excluding hydrogens is 479 g/mol. The minimum Gasteiger partial charge on any atom is -0.490 e. The van der Waals surface area contributed by atoms with Crippen LogP contribution < -0.4 is 19.6 Å². The van der Waals surface area contributed by atoms with Gasteiger partial charge in [-0.25, -0.2) is 10.2 Å². The van der Waals surface area contributed by atoms with Crippen molar-refractivity contribution in [3.8, 4) is 17.2 Å². The van der Waals surface area contributed by atoms with Gasteiger partial charge < -0.3 is 14.2 Å². The lowest BCUT2D eigenvalue weighted by Gasteiger charge is -2.12. The van der Waals surface area contributed by atoms with Crippen LogP contribution in [0, 0.1) is 6.92 Å². The number of aryl methyl sites for hydroxylation is 1. The quantitative estimate of drug-likeness (QED) is 0.182. The number of nitrogens with one attached hydrogen (secondary N) is 1. The van der Waals surface area contributed by atoms with Gasteiger partial charge in [0.2, 0.25) is 0 Å². The van der Waals surface area contributed by atoms with Gasteiger partial charge in [-0.05, 0) is 73.5 Å². The van der Waals surface area contributed by atoms with Crippen molar-refractivity contribution in [1.82, 2.24) is 5.43 Å². The summed E-state index contributed by atoms with van der Waals surface area (Å²) < 4.78 is 16.5. The topological polar surface area (TPSA) is 86.2 Å². The second-order valence-corrected chi connectivity index (χ2v) is 7.89. The highest BCUT2D eigenvalue weighted by atomic mass is 35.5. The van der Waals surface area contributed by atoms with E-state index in [1.807, 2.05) is 25.1 Å². The highest BCUT2D eigenvalue weighted by Gasteiger charge is 2.16. The van der Waals surface area contributed by atoms with Crippen molar-refractivity contribution in [3.63, 3.8) is 0 Å². The van der Waals surface area contributed by atoms with E-state index in [1.165, 1.54) is 18.3 Å². The van der Waals surface area contributed by atoms with Crippen LogP contribution in [-0.2, 0) is 4.79 Å². The van der Waals surface area contributed by atoms with E-state index in [0.29, 0.717) is 28.7 Å². The van der Waals surface area contributed by atoms with Gasteiger partial charge in [-0.2, -0.15) is 5.10 Å². The van der Waals surface area contributed by atoms with Gasteiger partial charge in [0.05, 0.1) is 23.4 Å². The summed E-state index contributed by atoms with van der Waals surface area (Å²) >= 11 is 12.0. The van der Waals surface area contributed by atoms with Crippen LogP contribution in [0.1, 0.15) is 28.4 Å². The first kappa shape index (κ1) is 25.1. The second kappa shape index (κ2) is 12.1. The van der Waals surface area contributed by atoms with Crippen LogP contribution in [0.4, 0.5) is 0 Å². The number of rotatable bonds is 9. The van der Waals surface area contributed by atoms with Gasteiger partial charge in [0.25, 0.3) is 5.91 Å². The van der Waals surface area contributed by atoms with E-state index in [4.69, 9.17) is 37.4 Å². The monoisotopic (exact) mass is 500 g/mol. The summed E-state index contributed by atoms with van der Waals surface area (Å²) in [5, 5.41) is 4.53. The predicted octanol–water partition coefficient (Wildman–Crippen LogP) is 5.45. The maximum atomic E-state index is 12.5. The fourth-order valence-electron chi connectivity index (χ4n) is 2.83. The molecule has 0 heterocycles. The van der Waals surface area contributed by atoms with Crippen LogP contribution in [0.2, 0.25) is 10.0 Å². The van der Waals surface area contributed by atoms with Crippen LogP contribution in [0.5, 0.6) is 17.2 Å². The van der Waals surface area contributed by atoms with Gasteiger partial charge in [-0.3, -0.25) is 4.79 Å². The van der Waals surface area contributed by atoms with Crippen molar-refractivity contribution in [2.45, 2.75) is 13.8 Å². The molecule has 0 saturated heterocycles. The Labute approximate surface area is 207 Å². The number of halogens is 2. The summed E-state index contributed by atoms with van der Waals surface area (Å²) in [5.74, 6) is 0.0909. The maximum Gasteiger partial charge on any atom is 0.345 e. The van der Waals surface area contributed by atoms with Crippen molar-refractivity contribution in [3.05, 3.63) is 87.4 Å². The third-order valence-electron chi connectivity index (χ3n) is 4.38. The van der Waals surface area contributed by atoms with Gasteiger partial charge in [0.1, 0.15) is 5.75 Å². The summed E-state index contributed by atoms with van der Waals surface area (Å²) in [6.45, 7) is 3.91. The van der Waals surface area contributed by atoms with Crippen molar-refractivity contribution in [1.29, 1.82) is 0 Å². The first-order valence-corrected chi connectivity index (χ1v) is 11.1. The Balaban J connectivity index is 1.62. The molecule has 0 radical (unpaired) electrons. The van der Waals surface area contributed by atoms with E-state index in [0.717, 1.165) is 5.56 Å². The Hall–Kier alpha value is -3.55. The molecule has 7 nitrogen and oxygen atoms in total. The Morgan fingerprint density at radius 2 is 1.82 bits per heavy atom. The molecule has 1 amide bonds. The zero-order chi connectivity index (χ0) is 24.5. The highest BCUT2D eigenvalue weighted by molar-refractivity contribution is 6.36. The van der Waals surface area contributed by atoms with Crippen LogP contribution in [-0.4, -0.2) is 31.3 Å². The zero-order valence-corrected chi connectivity index (χ0v) is 20.0. The smallest absolute Gasteiger partial charge is 0.345 e. The lowest BCUT2D eigenvalue weighted by atomic mass is 10.2. The summed E-state index contributed by atoms with van der Waals surface area (Å²) in [7, 11) is 0. The number of hydrazone groups is 1. The number of carbonyl (C=O) groups excluding carboxylic acids is 2. The van der Waals surface area contributed by atoms with E-state index < -0.39 is 11.9 Å². The lowest BCUT2D eigenvalue weighted by molar-refractivity contribution is -0.123. The van der Waals surface area contributed by atoms with E-state index in [2.05, 4.69) is 10.5 Å². The number of benzene rings is 3. The Bertz CT molecular complexity index is 1210. The summed E-state index contributed by atoms with van der Waals surface area (Å²) in [6.07, 6.45) is 1.44. The average Bonchev–Trinajstić information content (AvgIpc) is 2.79. The minimum absolute atomic E-state index is 0.173. The van der Waals surface area contributed by atoms with Crippen LogP contribution in [0.25, 0.3) is 0 Å². The van der Waals surface area contributed by atoms with Crippen LogP contribution in [0.15, 0.2) is 65.8 Å². The molecular formula is C25H22Cl2N2O5. The Morgan fingerprint density at radius 1 is 1.00 bits per heavy atom. The van der Waals surface area contributed by atoms with Gasteiger partial charge in [0, 0.05) is 5.02 Å². The number of ether oxygens (including phenoxy) is 3. The van der Waals surface area contributed by atoms with Crippen molar-refractivity contribution < 1.29 is 23.8 Å². The molecule has 9 heteroatoms. The molecule has 0 atom stereocenters. The molecule has 0 spiro atoms. The normalized spacial score (nSPS) is 10.7. The number of hydrogen-bond donors (Lipinski definition) is 1. The first-order valence-electron chi connectivity index (χ1n) is 10.3. The van der Waals surface area contributed by atoms with E-state index in [1.54, 1.807) is 37.3 Å². The number of hydrogen-bond acceptors (Lipinski definition) is 6. The number of nitrogens with zero attached hydrogens (tertiary/aromatic N) is 1. The minimum atomic E-state index is -0.648. The fourth-order valence-corrected chi connectivity index (χ4v) is 3.32. The zero-order valence-electron chi connectivity index (χ0n) is 18.5. The van der Waals surface area contributed by atoms with E-state index in [-0.39, 0.29) is 22.9 Å². The third kappa shape index (κ3) is 7.23. The number of amides is 1. The SMILES string of the molecule is CCOc1cc(/C=N/NC(=O)COc2cccc(C)c2)ccc1OC(=O)c1ccc(Cl)cc1Cl. The largest absolute Gasteiger partial charge is 0.490 e. The fraction of sp³-hybridized carbons (Fsp3) is 0.160. The molecule has 1 N–H and O–H groups in total. The first-order chi connectivity index (χ1) is 16.4. The molecule has 0 saturated carbocycles. The molecule has 0 bridgehead atoms. The summed E-state index contributed by atoms with van der Waals surface area (Å²) in [6, 6.07) is 16.7. The van der Waals surface area contributed by atoms with Crippen molar-refractivity contribution >= 4 is 41.3 Å². The second-order valence-electron chi connectivity index (χ2n) is 7.05. The van der Waals surface area contributed by atoms with Crippen molar-refractivity contribution in [2.24, 2.45) is 5.10 Å². The molecule has 3 aromatic rings. The molecule has 176 valence electrons. The molecule has 0 fully saturated rings. The average molecular weight is 501 g/mol. The maximum absolute atomic E-state index is 12.5. The van der Waals surface area contributed by atoms with Gasteiger partial charge >= 0.3 is 5.97 Å². The van der Waals surface area contributed by atoms with Gasteiger partial charge in [0.15, 0.2) is 18.1 Å². The Kier molecular flexibility index (Phi) is 8.90. The van der Waals surface area contributed by atoms with Gasteiger partial charge in [-0.15, -0.1) is 0 Å². The molecule has 34 heavy (non-hydrogen) atoms. The summed E-state index contributed by atoms with van der Waals surface area (Å²) in [4.78, 5) is 24.5. The molecule has 0 aliphatic carbocycles. The van der Waals surface area contributed by atoms with Gasteiger partial charge in [-0.1, -0.05) is 35.3 Å². The van der Waals surface area contributed by atoms with E-state index >= 15 is 0 Å². The van der Waals surface area contributed by atoms with Crippen molar-refractivity contribution in [2.75, 3.05) is 13.2 Å². The van der Waals surface area contributed by atoms with Crippen LogP contribution in [0.3, 0.4) is 0 Å². The van der Waals surface area contributed by atoms with Crippen LogP contribution >= 0.6 is 23.2 Å². The third-order valence-corrected chi connectivity index (χ3v) is 4.93. The molecule has 0 aliphatic heterocycles.